The number of anilines is 1. The van der Waals surface area contributed by atoms with Crippen molar-refractivity contribution in [2.45, 2.75) is 38.9 Å². The molecule has 1 aromatic heterocycles. The van der Waals surface area contributed by atoms with E-state index in [9.17, 15) is 18.0 Å². The van der Waals surface area contributed by atoms with Crippen LogP contribution in [0.25, 0.3) is 5.69 Å². The number of rotatable bonds is 6. The third-order valence-electron chi connectivity index (χ3n) is 5.74. The Balaban J connectivity index is 1.55. The minimum Gasteiger partial charge on any atom is -0.392 e. The standard InChI is InChI=1S/C28H27F3N6O/c1-17-3-4-20(11-19(17)5-6-22(32)7-10-26(33)35-23-8-9-23)27(38)36-24-12-21(28(29,30)31)13-25(14-24)37-15-18(2)34-16-37/h3-4,7,10-16,23,35H,8-9,32-33H2,1-2H3,(H,36,38)/b22-7-,26-10+. The molecule has 2 aromatic carbocycles. The van der Waals surface area contributed by atoms with Gasteiger partial charge in [0.25, 0.3) is 5.91 Å². The number of aryl methyl sites for hydroxylation is 2. The molecule has 0 radical (unpaired) electrons. The number of aromatic nitrogens is 2. The number of amides is 1. The molecule has 0 bridgehead atoms. The van der Waals surface area contributed by atoms with Crippen LogP contribution in [0.4, 0.5) is 18.9 Å². The van der Waals surface area contributed by atoms with Gasteiger partial charge in [-0.15, -0.1) is 0 Å². The van der Waals surface area contributed by atoms with Gasteiger partial charge in [-0.2, -0.15) is 13.2 Å². The van der Waals surface area contributed by atoms with Crippen molar-refractivity contribution in [1.82, 2.24) is 14.9 Å². The van der Waals surface area contributed by atoms with Crippen LogP contribution >= 0.6 is 0 Å². The lowest BCUT2D eigenvalue weighted by molar-refractivity contribution is -0.137. The quantitative estimate of drug-likeness (QED) is 0.282. The zero-order valence-corrected chi connectivity index (χ0v) is 20.9. The molecule has 1 amide bonds. The summed E-state index contributed by atoms with van der Waals surface area (Å²) in [7, 11) is 0. The molecule has 10 heteroatoms. The monoisotopic (exact) mass is 520 g/mol. The Labute approximate surface area is 218 Å². The summed E-state index contributed by atoms with van der Waals surface area (Å²) in [6.07, 6.45) is 3.84. The van der Waals surface area contributed by atoms with Crippen LogP contribution in [0.1, 0.15) is 45.6 Å². The van der Waals surface area contributed by atoms with Crippen molar-refractivity contribution in [3.63, 3.8) is 0 Å². The molecule has 1 aliphatic rings. The van der Waals surface area contributed by atoms with Crippen LogP contribution in [0, 0.1) is 25.7 Å². The summed E-state index contributed by atoms with van der Waals surface area (Å²) in [4.78, 5) is 17.0. The van der Waals surface area contributed by atoms with E-state index in [1.165, 1.54) is 17.0 Å². The first-order chi connectivity index (χ1) is 18.0. The molecule has 3 aromatic rings. The number of nitrogens with two attached hydrogens (primary N) is 2. The van der Waals surface area contributed by atoms with Crippen LogP contribution in [0.5, 0.6) is 0 Å². The van der Waals surface area contributed by atoms with Crippen molar-refractivity contribution in [2.24, 2.45) is 11.5 Å². The van der Waals surface area contributed by atoms with Crippen molar-refractivity contribution >= 4 is 11.6 Å². The Kier molecular flexibility index (Phi) is 7.48. The van der Waals surface area contributed by atoms with E-state index >= 15 is 0 Å². The van der Waals surface area contributed by atoms with Crippen LogP contribution in [0.15, 0.2) is 72.6 Å². The molecule has 7 nitrogen and oxygen atoms in total. The van der Waals surface area contributed by atoms with Gasteiger partial charge in [-0.25, -0.2) is 4.98 Å². The third kappa shape index (κ3) is 6.97. The van der Waals surface area contributed by atoms with Crippen molar-refractivity contribution < 1.29 is 18.0 Å². The number of hydrogen-bond donors (Lipinski definition) is 4. The maximum atomic E-state index is 13.6. The van der Waals surface area contributed by atoms with Crippen LogP contribution < -0.4 is 22.1 Å². The smallest absolute Gasteiger partial charge is 0.392 e. The lowest BCUT2D eigenvalue weighted by Gasteiger charge is -2.14. The maximum Gasteiger partial charge on any atom is 0.416 e. The summed E-state index contributed by atoms with van der Waals surface area (Å²) >= 11 is 0. The van der Waals surface area contributed by atoms with Crippen molar-refractivity contribution in [3.8, 4) is 17.5 Å². The molecular weight excluding hydrogens is 493 g/mol. The van der Waals surface area contributed by atoms with Crippen molar-refractivity contribution in [3.05, 3.63) is 101 Å². The molecule has 0 aliphatic heterocycles. The Morgan fingerprint density at radius 1 is 1.13 bits per heavy atom. The number of carbonyl (C=O) groups excluding carboxylic acids is 1. The lowest BCUT2D eigenvalue weighted by Crippen LogP contribution is -2.21. The minimum atomic E-state index is -4.60. The average molecular weight is 521 g/mol. The van der Waals surface area contributed by atoms with E-state index in [1.807, 2.05) is 6.92 Å². The summed E-state index contributed by atoms with van der Waals surface area (Å²) in [6, 6.07) is 8.62. The molecule has 0 spiro atoms. The molecule has 4 rings (SSSR count). The highest BCUT2D eigenvalue weighted by molar-refractivity contribution is 6.04. The zero-order valence-electron chi connectivity index (χ0n) is 20.9. The second-order valence-electron chi connectivity index (χ2n) is 9.09. The van der Waals surface area contributed by atoms with E-state index in [-0.39, 0.29) is 22.6 Å². The van der Waals surface area contributed by atoms with Gasteiger partial charge in [-0.3, -0.25) is 4.79 Å². The highest BCUT2D eigenvalue weighted by atomic mass is 19.4. The van der Waals surface area contributed by atoms with Gasteiger partial charge in [0, 0.05) is 34.7 Å². The first kappa shape index (κ1) is 26.4. The van der Waals surface area contributed by atoms with Gasteiger partial charge < -0.3 is 26.7 Å². The molecule has 0 unspecified atom stereocenters. The predicted octanol–water partition coefficient (Wildman–Crippen LogP) is 4.51. The summed E-state index contributed by atoms with van der Waals surface area (Å²) in [5.74, 6) is 5.69. The Morgan fingerprint density at radius 3 is 2.55 bits per heavy atom. The fraction of sp³-hybridized carbons (Fsp3) is 0.214. The van der Waals surface area contributed by atoms with E-state index in [0.717, 1.165) is 30.5 Å². The van der Waals surface area contributed by atoms with Gasteiger partial charge in [-0.05, 0) is 80.7 Å². The molecule has 6 N–H and O–H groups in total. The van der Waals surface area contributed by atoms with Crippen molar-refractivity contribution in [2.75, 3.05) is 5.32 Å². The number of benzene rings is 2. The van der Waals surface area contributed by atoms with Gasteiger partial charge in [0.1, 0.15) is 0 Å². The molecule has 0 saturated heterocycles. The third-order valence-corrected chi connectivity index (χ3v) is 5.74. The Hall–Kier alpha value is -4.65. The van der Waals surface area contributed by atoms with Gasteiger partial charge >= 0.3 is 6.18 Å². The van der Waals surface area contributed by atoms with Crippen LogP contribution in [0.2, 0.25) is 0 Å². The van der Waals surface area contributed by atoms with Crippen LogP contribution in [0.3, 0.4) is 0 Å². The fourth-order valence-corrected chi connectivity index (χ4v) is 3.53. The number of hydrogen-bond acceptors (Lipinski definition) is 5. The largest absolute Gasteiger partial charge is 0.416 e. The highest BCUT2D eigenvalue weighted by Crippen LogP contribution is 2.33. The number of nitrogens with one attached hydrogen (secondary N) is 2. The molecule has 1 aliphatic carbocycles. The fourth-order valence-electron chi connectivity index (χ4n) is 3.53. The summed E-state index contributed by atoms with van der Waals surface area (Å²) in [5, 5.41) is 5.70. The topological polar surface area (TPSA) is 111 Å². The first-order valence-corrected chi connectivity index (χ1v) is 11.8. The molecule has 38 heavy (non-hydrogen) atoms. The number of carbonyl (C=O) groups is 1. The molecular formula is C28H27F3N6O. The average Bonchev–Trinajstić information content (AvgIpc) is 3.57. The number of alkyl halides is 3. The Bertz CT molecular complexity index is 1490. The van der Waals surface area contributed by atoms with E-state index in [1.54, 1.807) is 43.5 Å². The molecule has 196 valence electrons. The molecule has 0 atom stereocenters. The zero-order chi connectivity index (χ0) is 27.4. The second-order valence-corrected chi connectivity index (χ2v) is 9.09. The van der Waals surface area contributed by atoms with E-state index in [4.69, 9.17) is 11.5 Å². The normalized spacial score (nSPS) is 14.0. The summed E-state index contributed by atoms with van der Waals surface area (Å²) < 4.78 is 42.1. The molecule has 1 heterocycles. The summed E-state index contributed by atoms with van der Waals surface area (Å²) in [5.41, 5.74) is 13.7. The van der Waals surface area contributed by atoms with E-state index in [0.29, 0.717) is 23.1 Å². The maximum absolute atomic E-state index is 13.6. The van der Waals surface area contributed by atoms with Gasteiger partial charge in [0.2, 0.25) is 0 Å². The van der Waals surface area contributed by atoms with Gasteiger partial charge in [0.15, 0.2) is 0 Å². The predicted molar refractivity (Wildman–Crippen MR) is 140 cm³/mol. The van der Waals surface area contributed by atoms with E-state index in [2.05, 4.69) is 27.5 Å². The Morgan fingerprint density at radius 2 is 1.89 bits per heavy atom. The number of imidazole rings is 1. The highest BCUT2D eigenvalue weighted by Gasteiger charge is 2.31. The van der Waals surface area contributed by atoms with Crippen LogP contribution in [-0.4, -0.2) is 21.5 Å². The minimum absolute atomic E-state index is 0.00394. The van der Waals surface area contributed by atoms with Crippen molar-refractivity contribution in [1.29, 1.82) is 0 Å². The lowest BCUT2D eigenvalue weighted by atomic mass is 10.0. The summed E-state index contributed by atoms with van der Waals surface area (Å²) in [6.45, 7) is 3.56. The van der Waals surface area contributed by atoms with E-state index < -0.39 is 17.6 Å². The molecule has 1 saturated carbocycles. The van der Waals surface area contributed by atoms with Gasteiger partial charge in [0.05, 0.1) is 29.1 Å². The number of halogens is 3. The molecule has 1 fully saturated rings. The SMILES string of the molecule is Cc1cn(-c2cc(NC(=O)c3ccc(C)c(C#C/C(N)=C/C=C(\N)NC4CC4)c3)cc(C(F)(F)F)c2)cn1. The van der Waals surface area contributed by atoms with Crippen LogP contribution in [-0.2, 0) is 6.18 Å². The number of allylic oxidation sites excluding steroid dienone is 3. The van der Waals surface area contributed by atoms with Gasteiger partial charge in [-0.1, -0.05) is 12.0 Å². The first-order valence-electron chi connectivity index (χ1n) is 11.8. The number of nitrogens with zero attached hydrogens (tertiary/aromatic N) is 2. The second kappa shape index (κ2) is 10.8.